The van der Waals surface area contributed by atoms with Crippen LogP contribution in [0.5, 0.6) is 0 Å². The third-order valence-corrected chi connectivity index (χ3v) is 5.19. The van der Waals surface area contributed by atoms with E-state index in [9.17, 15) is 27.2 Å². The van der Waals surface area contributed by atoms with E-state index in [1.165, 1.54) is 42.5 Å². The van der Waals surface area contributed by atoms with Crippen molar-refractivity contribution >= 4 is 51.9 Å². The zero-order valence-electron chi connectivity index (χ0n) is 14.5. The molecule has 0 bridgehead atoms. The maximum atomic E-state index is 13.0. The number of alkyl halides is 3. The Morgan fingerprint density at radius 1 is 1.17 bits per heavy atom. The summed E-state index contributed by atoms with van der Waals surface area (Å²) in [6.45, 7) is -0.443. The molecule has 3 rings (SSSR count). The van der Waals surface area contributed by atoms with Crippen LogP contribution < -0.4 is 5.32 Å². The number of benzene rings is 2. The minimum Gasteiger partial charge on any atom is -0.325 e. The summed E-state index contributed by atoms with van der Waals surface area (Å²) in [5.74, 6) is -1.62. The van der Waals surface area contributed by atoms with Gasteiger partial charge in [-0.15, -0.1) is 0 Å². The summed E-state index contributed by atoms with van der Waals surface area (Å²) >= 11 is 6.10. The molecule has 0 atom stereocenters. The largest absolute Gasteiger partial charge is 0.416 e. The molecule has 0 spiro atoms. The first-order valence-corrected chi connectivity index (χ1v) is 9.34. The van der Waals surface area contributed by atoms with Crippen LogP contribution in [-0.4, -0.2) is 27.6 Å². The Morgan fingerprint density at radius 3 is 2.52 bits per heavy atom. The maximum absolute atomic E-state index is 13.0. The fourth-order valence-electron chi connectivity index (χ4n) is 2.46. The second-order valence-corrected chi connectivity index (χ2v) is 7.62. The minimum absolute atomic E-state index is 0.0443. The van der Waals surface area contributed by atoms with Gasteiger partial charge in [0.05, 0.1) is 10.5 Å². The summed E-state index contributed by atoms with van der Waals surface area (Å²) in [5.41, 5.74) is -0.361. The second-order valence-electron chi connectivity index (χ2n) is 5.95. The number of hydrogen-bond acceptors (Lipinski definition) is 4. The molecule has 10 heteroatoms. The van der Waals surface area contributed by atoms with Gasteiger partial charge in [0.1, 0.15) is 16.7 Å². The lowest BCUT2D eigenvalue weighted by atomic mass is 10.2. The molecule has 0 radical (unpaired) electrons. The number of carbonyl (C=O) groups is 2. The van der Waals surface area contributed by atoms with E-state index in [4.69, 9.17) is 12.2 Å². The van der Waals surface area contributed by atoms with Gasteiger partial charge in [-0.3, -0.25) is 14.5 Å². The van der Waals surface area contributed by atoms with Crippen LogP contribution in [0.25, 0.3) is 6.08 Å². The first kappa shape index (κ1) is 21.0. The number of amides is 2. The van der Waals surface area contributed by atoms with Gasteiger partial charge in [0.2, 0.25) is 5.91 Å². The van der Waals surface area contributed by atoms with Crippen LogP contribution in [0.2, 0.25) is 0 Å². The van der Waals surface area contributed by atoms with Crippen LogP contribution in [0.15, 0.2) is 53.4 Å². The molecule has 1 fully saturated rings. The molecule has 4 nitrogen and oxygen atoms in total. The van der Waals surface area contributed by atoms with Gasteiger partial charge in [0, 0.05) is 5.69 Å². The molecule has 0 saturated carbocycles. The van der Waals surface area contributed by atoms with Crippen molar-refractivity contribution in [3.63, 3.8) is 0 Å². The average Bonchev–Trinajstić information content (AvgIpc) is 2.90. The molecular formula is C19H12F4N2O2S2. The first-order chi connectivity index (χ1) is 13.6. The fourth-order valence-corrected chi connectivity index (χ4v) is 3.72. The molecule has 0 aliphatic carbocycles. The summed E-state index contributed by atoms with van der Waals surface area (Å²) in [6, 6.07) is 9.64. The van der Waals surface area contributed by atoms with Crippen molar-refractivity contribution in [2.24, 2.45) is 0 Å². The van der Waals surface area contributed by atoms with E-state index in [1.54, 1.807) is 0 Å². The zero-order chi connectivity index (χ0) is 21.2. The molecule has 150 valence electrons. The van der Waals surface area contributed by atoms with Gasteiger partial charge in [0.25, 0.3) is 5.91 Å². The van der Waals surface area contributed by atoms with Crippen LogP contribution in [0, 0.1) is 5.82 Å². The summed E-state index contributed by atoms with van der Waals surface area (Å²) in [4.78, 5) is 26.0. The van der Waals surface area contributed by atoms with Crippen molar-refractivity contribution in [1.29, 1.82) is 0 Å². The predicted molar refractivity (Wildman–Crippen MR) is 106 cm³/mol. The summed E-state index contributed by atoms with van der Waals surface area (Å²) in [6.07, 6.45) is -3.02. The SMILES string of the molecule is O=C(CN1C(=O)/C(=C/c2ccc(F)cc2)SC1=S)Nc1cccc(C(F)(F)F)c1. The Labute approximate surface area is 172 Å². The second kappa shape index (κ2) is 8.34. The normalized spacial score (nSPS) is 15.9. The van der Waals surface area contributed by atoms with Crippen molar-refractivity contribution < 1.29 is 27.2 Å². The lowest BCUT2D eigenvalue weighted by molar-refractivity contribution is -0.137. The topological polar surface area (TPSA) is 49.4 Å². The molecule has 1 saturated heterocycles. The van der Waals surface area contributed by atoms with E-state index >= 15 is 0 Å². The molecule has 29 heavy (non-hydrogen) atoms. The Morgan fingerprint density at radius 2 is 1.86 bits per heavy atom. The quantitative estimate of drug-likeness (QED) is 0.426. The minimum atomic E-state index is -4.54. The third kappa shape index (κ3) is 5.21. The highest BCUT2D eigenvalue weighted by Crippen LogP contribution is 2.33. The van der Waals surface area contributed by atoms with E-state index in [0.29, 0.717) is 5.56 Å². The highest BCUT2D eigenvalue weighted by Gasteiger charge is 2.34. The summed E-state index contributed by atoms with van der Waals surface area (Å²) in [7, 11) is 0. The fraction of sp³-hybridized carbons (Fsp3) is 0.105. The molecule has 1 aliphatic heterocycles. The Bertz CT molecular complexity index is 1000. The number of hydrogen-bond donors (Lipinski definition) is 1. The maximum Gasteiger partial charge on any atom is 0.416 e. The monoisotopic (exact) mass is 440 g/mol. The number of anilines is 1. The lowest BCUT2D eigenvalue weighted by Crippen LogP contribution is -2.36. The van der Waals surface area contributed by atoms with Crippen molar-refractivity contribution in [2.45, 2.75) is 6.18 Å². The number of thiocarbonyl (C=S) groups is 1. The molecule has 2 amide bonds. The molecule has 2 aromatic rings. The van der Waals surface area contributed by atoms with Gasteiger partial charge in [0.15, 0.2) is 0 Å². The number of carbonyl (C=O) groups excluding carboxylic acids is 2. The van der Waals surface area contributed by atoms with Gasteiger partial charge in [-0.25, -0.2) is 4.39 Å². The van der Waals surface area contributed by atoms with Crippen LogP contribution in [0.4, 0.5) is 23.2 Å². The van der Waals surface area contributed by atoms with Crippen LogP contribution >= 0.6 is 24.0 Å². The molecule has 1 N–H and O–H groups in total. The number of nitrogens with one attached hydrogen (secondary N) is 1. The highest BCUT2D eigenvalue weighted by molar-refractivity contribution is 8.26. The molecule has 1 aliphatic rings. The number of rotatable bonds is 4. The van der Waals surface area contributed by atoms with E-state index < -0.39 is 35.9 Å². The van der Waals surface area contributed by atoms with Crippen molar-refractivity contribution in [3.8, 4) is 0 Å². The molecule has 0 unspecified atom stereocenters. The van der Waals surface area contributed by atoms with Crippen LogP contribution in [-0.2, 0) is 15.8 Å². The summed E-state index contributed by atoms with van der Waals surface area (Å²) < 4.78 is 51.4. The van der Waals surface area contributed by atoms with E-state index in [-0.39, 0.29) is 14.9 Å². The van der Waals surface area contributed by atoms with Crippen molar-refractivity contribution in [1.82, 2.24) is 4.90 Å². The third-order valence-electron chi connectivity index (χ3n) is 3.82. The zero-order valence-corrected chi connectivity index (χ0v) is 16.1. The van der Waals surface area contributed by atoms with Crippen molar-refractivity contribution in [2.75, 3.05) is 11.9 Å². The van der Waals surface area contributed by atoms with Gasteiger partial charge < -0.3 is 5.32 Å². The average molecular weight is 440 g/mol. The number of halogens is 4. The van der Waals surface area contributed by atoms with E-state index in [2.05, 4.69) is 5.32 Å². The Kier molecular flexibility index (Phi) is 6.04. The van der Waals surface area contributed by atoms with Gasteiger partial charge in [-0.1, -0.05) is 42.2 Å². The Hall–Kier alpha value is -2.72. The van der Waals surface area contributed by atoms with Crippen LogP contribution in [0.1, 0.15) is 11.1 Å². The van der Waals surface area contributed by atoms with Gasteiger partial charge >= 0.3 is 6.18 Å². The van der Waals surface area contributed by atoms with E-state index in [1.807, 2.05) is 0 Å². The van der Waals surface area contributed by atoms with Gasteiger partial charge in [-0.05, 0) is 42.0 Å². The van der Waals surface area contributed by atoms with Gasteiger partial charge in [-0.2, -0.15) is 13.2 Å². The summed E-state index contributed by atoms with van der Waals surface area (Å²) in [5, 5.41) is 2.33. The van der Waals surface area contributed by atoms with Crippen molar-refractivity contribution in [3.05, 3.63) is 70.4 Å². The number of nitrogens with zero attached hydrogens (tertiary/aromatic N) is 1. The standard InChI is InChI=1S/C19H12F4N2O2S2/c20-13-6-4-11(5-7-13)8-15-17(27)25(18(28)29-15)10-16(26)24-14-3-1-2-12(9-14)19(21,22)23/h1-9H,10H2,(H,24,26)/b15-8-. The number of thioether (sulfide) groups is 1. The first-order valence-electron chi connectivity index (χ1n) is 8.11. The van der Waals surface area contributed by atoms with Crippen LogP contribution in [0.3, 0.4) is 0 Å². The lowest BCUT2D eigenvalue weighted by Gasteiger charge is -2.15. The smallest absolute Gasteiger partial charge is 0.325 e. The molecular weight excluding hydrogens is 428 g/mol. The van der Waals surface area contributed by atoms with E-state index in [0.717, 1.165) is 28.8 Å². The Balaban J connectivity index is 1.68. The molecule has 1 heterocycles. The highest BCUT2D eigenvalue weighted by atomic mass is 32.2. The molecule has 0 aromatic heterocycles. The molecule has 2 aromatic carbocycles. The predicted octanol–water partition coefficient (Wildman–Crippen LogP) is 4.68.